The molecule has 0 bridgehead atoms. The number of aromatic nitrogens is 2. The van der Waals surface area contributed by atoms with Gasteiger partial charge in [-0.2, -0.15) is 0 Å². The minimum absolute atomic E-state index is 0.0977. The van der Waals surface area contributed by atoms with Crippen LogP contribution in [0.1, 0.15) is 0 Å². The Labute approximate surface area is 88.2 Å². The molecule has 1 heterocycles. The van der Waals surface area contributed by atoms with Crippen LogP contribution < -0.4 is 9.80 Å². The van der Waals surface area contributed by atoms with Crippen LogP contribution >= 0.6 is 0 Å². The van der Waals surface area contributed by atoms with E-state index in [1.165, 1.54) is 0 Å². The molecule has 0 saturated carbocycles. The Morgan fingerprint density at radius 2 is 1.80 bits per heavy atom. The highest BCUT2D eigenvalue weighted by molar-refractivity contribution is 5.75. The molecule has 1 N–H and O–H groups in total. The second-order valence-corrected chi connectivity index (χ2v) is 3.35. The minimum atomic E-state index is -0.896. The summed E-state index contributed by atoms with van der Waals surface area (Å²) in [5.41, 5.74) is 0. The third-order valence-electron chi connectivity index (χ3n) is 1.82. The van der Waals surface area contributed by atoms with Gasteiger partial charge >= 0.3 is 5.97 Å². The van der Waals surface area contributed by atoms with Gasteiger partial charge in [0.25, 0.3) is 0 Å². The van der Waals surface area contributed by atoms with Crippen LogP contribution in [0, 0.1) is 0 Å². The molecule has 0 spiro atoms. The molecule has 0 fully saturated rings. The van der Waals surface area contributed by atoms with Crippen LogP contribution in [-0.4, -0.2) is 48.7 Å². The molecule has 0 aliphatic carbocycles. The number of carboxylic acids is 1. The average Bonchev–Trinajstić information content (AvgIpc) is 2.16. The third-order valence-corrected chi connectivity index (χ3v) is 1.82. The topological polar surface area (TPSA) is 69.6 Å². The largest absolute Gasteiger partial charge is 0.480 e. The van der Waals surface area contributed by atoms with Gasteiger partial charge in [0.1, 0.15) is 6.54 Å². The maximum absolute atomic E-state index is 10.6. The Kier molecular flexibility index (Phi) is 3.43. The van der Waals surface area contributed by atoms with Crippen molar-refractivity contribution in [3.63, 3.8) is 0 Å². The molecule has 6 nitrogen and oxygen atoms in total. The summed E-state index contributed by atoms with van der Waals surface area (Å²) in [7, 11) is 5.34. The molecule has 1 rings (SSSR count). The fraction of sp³-hybridized carbons (Fsp3) is 0.444. The van der Waals surface area contributed by atoms with Crippen LogP contribution in [0.5, 0.6) is 0 Å². The fourth-order valence-corrected chi connectivity index (χ4v) is 1.19. The van der Waals surface area contributed by atoms with Crippen molar-refractivity contribution >= 4 is 17.6 Å². The standard InChI is InChI=1S/C9H14N4O2/c1-12(2)8-9(11-5-4-10-8)13(3)6-7(14)15/h4-5H,6H2,1-3H3,(H,14,15). The van der Waals surface area contributed by atoms with E-state index in [0.717, 1.165) is 0 Å². The van der Waals surface area contributed by atoms with Gasteiger partial charge < -0.3 is 14.9 Å². The molecule has 1 aromatic rings. The van der Waals surface area contributed by atoms with Gasteiger partial charge in [-0.25, -0.2) is 9.97 Å². The van der Waals surface area contributed by atoms with E-state index in [2.05, 4.69) is 9.97 Å². The molecular weight excluding hydrogens is 196 g/mol. The summed E-state index contributed by atoms with van der Waals surface area (Å²) in [5, 5.41) is 8.67. The first-order valence-electron chi connectivity index (χ1n) is 4.43. The van der Waals surface area contributed by atoms with Crippen molar-refractivity contribution in [1.82, 2.24) is 9.97 Å². The van der Waals surface area contributed by atoms with Crippen molar-refractivity contribution in [1.29, 1.82) is 0 Å². The highest BCUT2D eigenvalue weighted by atomic mass is 16.4. The van der Waals surface area contributed by atoms with Gasteiger partial charge in [-0.3, -0.25) is 4.79 Å². The van der Waals surface area contributed by atoms with Gasteiger partial charge in [-0.15, -0.1) is 0 Å². The molecule has 0 unspecified atom stereocenters. The van der Waals surface area contributed by atoms with Gasteiger partial charge in [-0.1, -0.05) is 0 Å². The Morgan fingerprint density at radius 1 is 1.27 bits per heavy atom. The van der Waals surface area contributed by atoms with Crippen LogP contribution in [0.3, 0.4) is 0 Å². The number of anilines is 2. The van der Waals surface area contributed by atoms with Crippen molar-refractivity contribution in [3.05, 3.63) is 12.4 Å². The van der Waals surface area contributed by atoms with Crippen molar-refractivity contribution in [2.24, 2.45) is 0 Å². The average molecular weight is 210 g/mol. The number of rotatable bonds is 4. The number of carboxylic acid groups (broad SMARTS) is 1. The summed E-state index contributed by atoms with van der Waals surface area (Å²) in [5.74, 6) is 0.319. The molecule has 15 heavy (non-hydrogen) atoms. The van der Waals surface area contributed by atoms with Crippen molar-refractivity contribution < 1.29 is 9.90 Å². The molecule has 0 radical (unpaired) electrons. The van der Waals surface area contributed by atoms with Crippen LogP contribution in [0.15, 0.2) is 12.4 Å². The zero-order valence-electron chi connectivity index (χ0n) is 9.01. The van der Waals surface area contributed by atoms with Crippen molar-refractivity contribution in [2.45, 2.75) is 0 Å². The van der Waals surface area contributed by atoms with E-state index in [4.69, 9.17) is 5.11 Å². The second kappa shape index (κ2) is 4.59. The Balaban J connectivity index is 2.97. The van der Waals surface area contributed by atoms with Crippen LogP contribution in [0.4, 0.5) is 11.6 Å². The molecule has 82 valence electrons. The quantitative estimate of drug-likeness (QED) is 0.758. The van der Waals surface area contributed by atoms with Crippen molar-refractivity contribution in [2.75, 3.05) is 37.5 Å². The summed E-state index contributed by atoms with van der Waals surface area (Å²) < 4.78 is 0. The van der Waals surface area contributed by atoms with E-state index in [1.54, 1.807) is 29.2 Å². The van der Waals surface area contributed by atoms with Gasteiger partial charge in [0.05, 0.1) is 0 Å². The lowest BCUT2D eigenvalue weighted by Crippen LogP contribution is -2.28. The number of hydrogen-bond acceptors (Lipinski definition) is 5. The summed E-state index contributed by atoms with van der Waals surface area (Å²) in [6.45, 7) is -0.0977. The van der Waals surface area contributed by atoms with Gasteiger partial charge in [0, 0.05) is 33.5 Å². The Morgan fingerprint density at radius 3 is 2.27 bits per heavy atom. The lowest BCUT2D eigenvalue weighted by atomic mass is 10.4. The molecule has 0 saturated heterocycles. The first kappa shape index (κ1) is 11.2. The maximum Gasteiger partial charge on any atom is 0.323 e. The van der Waals surface area contributed by atoms with E-state index in [-0.39, 0.29) is 6.54 Å². The summed E-state index contributed by atoms with van der Waals surface area (Å²) in [4.78, 5) is 22.1. The summed E-state index contributed by atoms with van der Waals surface area (Å²) in [6.07, 6.45) is 3.12. The number of carbonyl (C=O) groups is 1. The summed E-state index contributed by atoms with van der Waals surface area (Å²) in [6, 6.07) is 0. The van der Waals surface area contributed by atoms with Crippen LogP contribution in [-0.2, 0) is 4.79 Å². The second-order valence-electron chi connectivity index (χ2n) is 3.35. The normalized spacial score (nSPS) is 9.80. The lowest BCUT2D eigenvalue weighted by Gasteiger charge is -2.21. The highest BCUT2D eigenvalue weighted by Crippen LogP contribution is 2.20. The van der Waals surface area contributed by atoms with Crippen LogP contribution in [0.2, 0.25) is 0 Å². The number of aliphatic carboxylic acids is 1. The van der Waals surface area contributed by atoms with Gasteiger partial charge in [-0.05, 0) is 0 Å². The zero-order valence-corrected chi connectivity index (χ0v) is 9.01. The Bertz CT molecular complexity index is 354. The highest BCUT2D eigenvalue weighted by Gasteiger charge is 2.13. The van der Waals surface area contributed by atoms with Crippen molar-refractivity contribution in [3.8, 4) is 0 Å². The molecular formula is C9H14N4O2. The Hall–Kier alpha value is -1.85. The lowest BCUT2D eigenvalue weighted by molar-refractivity contribution is -0.135. The number of hydrogen-bond donors (Lipinski definition) is 1. The third kappa shape index (κ3) is 2.80. The fourth-order valence-electron chi connectivity index (χ4n) is 1.19. The van der Waals surface area contributed by atoms with Gasteiger partial charge in [0.15, 0.2) is 11.6 Å². The molecule has 0 aliphatic heterocycles. The zero-order chi connectivity index (χ0) is 11.4. The first-order chi connectivity index (χ1) is 7.02. The van der Waals surface area contributed by atoms with Gasteiger partial charge in [0.2, 0.25) is 0 Å². The SMILES string of the molecule is CN(C)c1nccnc1N(C)CC(=O)O. The molecule has 0 aliphatic rings. The molecule has 0 amide bonds. The molecule has 6 heteroatoms. The van der Waals surface area contributed by atoms with E-state index >= 15 is 0 Å². The minimum Gasteiger partial charge on any atom is -0.480 e. The molecule has 0 atom stereocenters. The predicted octanol–water partition coefficient (Wildman–Crippen LogP) is 0.0634. The summed E-state index contributed by atoms with van der Waals surface area (Å²) >= 11 is 0. The maximum atomic E-state index is 10.6. The predicted molar refractivity (Wildman–Crippen MR) is 57.3 cm³/mol. The van der Waals surface area contributed by atoms with E-state index in [0.29, 0.717) is 11.6 Å². The monoisotopic (exact) mass is 210 g/mol. The molecule has 1 aromatic heterocycles. The number of nitrogens with zero attached hydrogens (tertiary/aromatic N) is 4. The first-order valence-corrected chi connectivity index (χ1v) is 4.43. The van der Waals surface area contributed by atoms with E-state index in [9.17, 15) is 4.79 Å². The smallest absolute Gasteiger partial charge is 0.323 e. The molecule has 0 aromatic carbocycles. The number of likely N-dealkylation sites (N-methyl/N-ethyl adjacent to an activating group) is 1. The van der Waals surface area contributed by atoms with Crippen LogP contribution in [0.25, 0.3) is 0 Å². The van der Waals surface area contributed by atoms with E-state index < -0.39 is 5.97 Å². The van der Waals surface area contributed by atoms with E-state index in [1.807, 2.05) is 14.1 Å².